The highest BCUT2D eigenvalue weighted by atomic mass is 16.1. The largest absolute Gasteiger partial charge is 0.327 e. The topological polar surface area (TPSA) is 72.9 Å². The molecule has 1 atom stereocenters. The molecule has 16 heavy (non-hydrogen) atoms. The van der Waals surface area contributed by atoms with Crippen LogP contribution in [-0.4, -0.2) is 21.7 Å². The summed E-state index contributed by atoms with van der Waals surface area (Å²) >= 11 is 0. The first-order valence-electron chi connectivity index (χ1n) is 5.45. The Balaban J connectivity index is 2.55. The molecule has 1 aromatic heterocycles. The van der Waals surface area contributed by atoms with E-state index in [4.69, 9.17) is 5.73 Å². The number of carbonyl (C=O) groups is 1. The van der Waals surface area contributed by atoms with Crippen molar-refractivity contribution in [3.63, 3.8) is 0 Å². The van der Waals surface area contributed by atoms with Crippen molar-refractivity contribution >= 4 is 11.6 Å². The zero-order chi connectivity index (χ0) is 12.3. The molecular weight excluding hydrogens is 204 g/mol. The van der Waals surface area contributed by atoms with Gasteiger partial charge in [0.05, 0.1) is 11.4 Å². The molecule has 0 radical (unpaired) electrons. The normalized spacial score (nSPS) is 12.9. The van der Waals surface area contributed by atoms with Gasteiger partial charge in [-0.05, 0) is 12.8 Å². The summed E-state index contributed by atoms with van der Waals surface area (Å²) < 4.78 is 1.67. The highest BCUT2D eigenvalue weighted by Crippen LogP contribution is 2.12. The first kappa shape index (κ1) is 12.7. The molecule has 0 aliphatic carbocycles. The van der Waals surface area contributed by atoms with Crippen LogP contribution in [0, 0.1) is 12.8 Å². The molecule has 0 bridgehead atoms. The fourth-order valence-electron chi connectivity index (χ4n) is 1.37. The zero-order valence-corrected chi connectivity index (χ0v) is 10.3. The number of nitrogens with zero attached hydrogens (tertiary/aromatic N) is 2. The predicted molar refractivity (Wildman–Crippen MR) is 64.0 cm³/mol. The third kappa shape index (κ3) is 3.34. The Bertz CT molecular complexity index is 370. The lowest BCUT2D eigenvalue weighted by Gasteiger charge is -2.14. The molecule has 0 aliphatic rings. The number of rotatable bonds is 4. The van der Waals surface area contributed by atoms with Gasteiger partial charge in [0.25, 0.3) is 0 Å². The monoisotopic (exact) mass is 224 g/mol. The second kappa shape index (κ2) is 5.12. The van der Waals surface area contributed by atoms with Crippen LogP contribution in [0.1, 0.15) is 26.0 Å². The summed E-state index contributed by atoms with van der Waals surface area (Å²) in [4.78, 5) is 11.7. The molecule has 0 saturated carbocycles. The third-order valence-corrected chi connectivity index (χ3v) is 2.56. The van der Waals surface area contributed by atoms with E-state index in [1.165, 1.54) is 0 Å². The van der Waals surface area contributed by atoms with Crippen molar-refractivity contribution in [1.82, 2.24) is 9.78 Å². The van der Waals surface area contributed by atoms with Gasteiger partial charge in [0.15, 0.2) is 0 Å². The van der Waals surface area contributed by atoms with Crippen LogP contribution in [0.5, 0.6) is 0 Å². The zero-order valence-electron chi connectivity index (χ0n) is 10.3. The molecule has 0 aromatic carbocycles. The number of aryl methyl sites for hydroxylation is 2. The molecule has 1 heterocycles. The summed E-state index contributed by atoms with van der Waals surface area (Å²) in [6.45, 7) is 5.87. The van der Waals surface area contributed by atoms with Crippen LogP contribution in [0.25, 0.3) is 0 Å². The highest BCUT2D eigenvalue weighted by Gasteiger charge is 2.14. The van der Waals surface area contributed by atoms with E-state index in [-0.39, 0.29) is 11.9 Å². The molecule has 0 saturated heterocycles. The lowest BCUT2D eigenvalue weighted by Crippen LogP contribution is -2.31. The van der Waals surface area contributed by atoms with Crippen LogP contribution < -0.4 is 11.1 Å². The maximum absolute atomic E-state index is 11.7. The molecule has 3 N–H and O–H groups in total. The summed E-state index contributed by atoms with van der Waals surface area (Å²) in [6, 6.07) is -0.100. The fraction of sp³-hybridized carbons (Fsp3) is 0.636. The van der Waals surface area contributed by atoms with Gasteiger partial charge >= 0.3 is 0 Å². The first-order valence-corrected chi connectivity index (χ1v) is 5.45. The molecule has 90 valence electrons. The number of anilines is 1. The predicted octanol–water partition coefficient (Wildman–Crippen LogP) is 1.04. The Hall–Kier alpha value is -1.36. The van der Waals surface area contributed by atoms with E-state index < -0.39 is 0 Å². The minimum absolute atomic E-state index is 0.0581. The quantitative estimate of drug-likeness (QED) is 0.802. The smallest absolute Gasteiger partial charge is 0.226 e. The molecule has 1 unspecified atom stereocenters. The second-order valence-electron chi connectivity index (χ2n) is 4.46. The lowest BCUT2D eigenvalue weighted by atomic mass is 10.0. The number of carbonyl (C=O) groups excluding carboxylic acids is 1. The summed E-state index contributed by atoms with van der Waals surface area (Å²) in [5, 5.41) is 6.96. The fourth-order valence-corrected chi connectivity index (χ4v) is 1.37. The van der Waals surface area contributed by atoms with Gasteiger partial charge in [0, 0.05) is 25.7 Å². The molecule has 1 amide bonds. The molecule has 1 rings (SSSR count). The van der Waals surface area contributed by atoms with Gasteiger partial charge in [-0.15, -0.1) is 0 Å². The van der Waals surface area contributed by atoms with Crippen molar-refractivity contribution in [2.24, 2.45) is 18.7 Å². The van der Waals surface area contributed by atoms with Crippen molar-refractivity contribution in [3.8, 4) is 0 Å². The molecule has 0 aliphatic heterocycles. The SMILES string of the molecule is Cc1nn(C)cc1NC(=O)CC(N)C(C)C. The minimum Gasteiger partial charge on any atom is -0.327 e. The van der Waals surface area contributed by atoms with Gasteiger partial charge in [0.2, 0.25) is 5.91 Å². The first-order chi connectivity index (χ1) is 7.40. The van der Waals surface area contributed by atoms with E-state index in [0.29, 0.717) is 12.3 Å². The van der Waals surface area contributed by atoms with Crippen molar-refractivity contribution in [3.05, 3.63) is 11.9 Å². The third-order valence-electron chi connectivity index (χ3n) is 2.56. The number of aromatic nitrogens is 2. The van der Waals surface area contributed by atoms with Gasteiger partial charge in [-0.1, -0.05) is 13.8 Å². The molecule has 1 aromatic rings. The van der Waals surface area contributed by atoms with Crippen molar-refractivity contribution in [2.45, 2.75) is 33.2 Å². The van der Waals surface area contributed by atoms with Crippen LogP contribution in [0.15, 0.2) is 6.20 Å². The maximum atomic E-state index is 11.7. The number of hydrogen-bond acceptors (Lipinski definition) is 3. The van der Waals surface area contributed by atoms with Gasteiger partial charge in [-0.25, -0.2) is 0 Å². The van der Waals surface area contributed by atoms with Gasteiger partial charge in [-0.2, -0.15) is 5.10 Å². The van der Waals surface area contributed by atoms with E-state index >= 15 is 0 Å². The Kier molecular flexibility index (Phi) is 4.06. The van der Waals surface area contributed by atoms with E-state index in [9.17, 15) is 4.79 Å². The van der Waals surface area contributed by atoms with Crippen molar-refractivity contribution in [2.75, 3.05) is 5.32 Å². The molecule has 5 heteroatoms. The average molecular weight is 224 g/mol. The summed E-state index contributed by atoms with van der Waals surface area (Å²) in [5.41, 5.74) is 7.40. The Labute approximate surface area is 96.0 Å². The summed E-state index contributed by atoms with van der Waals surface area (Å²) in [7, 11) is 1.82. The number of nitrogens with one attached hydrogen (secondary N) is 1. The van der Waals surface area contributed by atoms with E-state index in [1.807, 2.05) is 27.8 Å². The average Bonchev–Trinajstić information content (AvgIpc) is 2.44. The molecular formula is C11H20N4O. The lowest BCUT2D eigenvalue weighted by molar-refractivity contribution is -0.116. The van der Waals surface area contributed by atoms with Crippen molar-refractivity contribution in [1.29, 1.82) is 0 Å². The number of hydrogen-bond donors (Lipinski definition) is 2. The summed E-state index contributed by atoms with van der Waals surface area (Å²) in [6.07, 6.45) is 2.13. The van der Waals surface area contributed by atoms with E-state index in [1.54, 1.807) is 10.9 Å². The van der Waals surface area contributed by atoms with Crippen LogP contribution >= 0.6 is 0 Å². The molecule has 0 fully saturated rings. The van der Waals surface area contributed by atoms with Crippen LogP contribution in [0.3, 0.4) is 0 Å². The number of nitrogens with two attached hydrogens (primary N) is 1. The van der Waals surface area contributed by atoms with Crippen LogP contribution in [0.2, 0.25) is 0 Å². The minimum atomic E-state index is -0.100. The Morgan fingerprint density at radius 1 is 1.62 bits per heavy atom. The highest BCUT2D eigenvalue weighted by molar-refractivity contribution is 5.91. The van der Waals surface area contributed by atoms with E-state index in [2.05, 4.69) is 10.4 Å². The molecule has 5 nitrogen and oxygen atoms in total. The number of amides is 1. The van der Waals surface area contributed by atoms with E-state index in [0.717, 1.165) is 11.4 Å². The summed E-state index contributed by atoms with van der Waals surface area (Å²) in [5.74, 6) is 0.248. The van der Waals surface area contributed by atoms with Crippen LogP contribution in [-0.2, 0) is 11.8 Å². The van der Waals surface area contributed by atoms with Crippen molar-refractivity contribution < 1.29 is 4.79 Å². The Morgan fingerprint density at radius 2 is 2.25 bits per heavy atom. The van der Waals surface area contributed by atoms with Gasteiger partial charge in [0.1, 0.15) is 0 Å². The molecule has 0 spiro atoms. The van der Waals surface area contributed by atoms with Crippen LogP contribution in [0.4, 0.5) is 5.69 Å². The Morgan fingerprint density at radius 3 is 2.69 bits per heavy atom. The standard InChI is InChI=1S/C11H20N4O/c1-7(2)9(12)5-11(16)13-10-6-15(4)14-8(10)3/h6-7,9H,5,12H2,1-4H3,(H,13,16). The maximum Gasteiger partial charge on any atom is 0.226 e. The van der Waals surface area contributed by atoms with Gasteiger partial charge < -0.3 is 11.1 Å². The second-order valence-corrected chi connectivity index (χ2v) is 4.46. The van der Waals surface area contributed by atoms with Gasteiger partial charge in [-0.3, -0.25) is 9.48 Å².